The van der Waals surface area contributed by atoms with Crippen LogP contribution in [0.25, 0.3) is 0 Å². The van der Waals surface area contributed by atoms with Gasteiger partial charge in [0, 0.05) is 23.5 Å². The van der Waals surface area contributed by atoms with E-state index in [0.717, 1.165) is 18.5 Å². The highest BCUT2D eigenvalue weighted by Gasteiger charge is 2.07. The molecule has 27 heavy (non-hydrogen) atoms. The van der Waals surface area contributed by atoms with Crippen LogP contribution in [0.5, 0.6) is 0 Å². The van der Waals surface area contributed by atoms with Crippen LogP contribution in [-0.2, 0) is 13.0 Å². The van der Waals surface area contributed by atoms with Crippen molar-refractivity contribution in [1.82, 2.24) is 4.98 Å². The number of anilines is 2. The molecule has 0 bridgehead atoms. The Bertz CT molecular complexity index is 896. The Labute approximate surface area is 163 Å². The van der Waals surface area contributed by atoms with Crippen LogP contribution in [0, 0.1) is 0 Å². The number of nitrogens with one attached hydrogen (secondary N) is 2. The lowest BCUT2D eigenvalue weighted by Crippen LogP contribution is -2.13. The number of carbonyl (C=O) groups excluding carboxylic acids is 1. The number of halogens is 1. The van der Waals surface area contributed by atoms with Gasteiger partial charge in [0.15, 0.2) is 0 Å². The van der Waals surface area contributed by atoms with Crippen LogP contribution < -0.4 is 10.6 Å². The van der Waals surface area contributed by atoms with E-state index >= 15 is 0 Å². The van der Waals surface area contributed by atoms with Gasteiger partial charge in [0.2, 0.25) is 0 Å². The minimum Gasteiger partial charge on any atom is -0.392 e. The number of benzene rings is 2. The number of carbonyl (C=O) groups is 1. The lowest BCUT2D eigenvalue weighted by molar-refractivity contribution is 0.102. The number of aromatic nitrogens is 1. The third-order valence-corrected chi connectivity index (χ3v) is 4.27. The number of aliphatic hydroxyl groups excluding tert-OH is 1. The molecule has 0 aliphatic heterocycles. The number of rotatable bonds is 7. The Kier molecular flexibility index (Phi) is 6.41. The van der Waals surface area contributed by atoms with Crippen molar-refractivity contribution < 1.29 is 9.90 Å². The summed E-state index contributed by atoms with van der Waals surface area (Å²) in [7, 11) is 0. The number of aliphatic hydroxyl groups is 1. The van der Waals surface area contributed by atoms with E-state index in [2.05, 4.69) is 15.6 Å². The van der Waals surface area contributed by atoms with Crippen molar-refractivity contribution in [1.29, 1.82) is 0 Å². The molecule has 5 nitrogen and oxygen atoms in total. The minimum atomic E-state index is -0.236. The quantitative estimate of drug-likeness (QED) is 0.575. The fraction of sp³-hybridized carbons (Fsp3) is 0.143. The number of hydrogen-bond acceptors (Lipinski definition) is 4. The first-order valence-corrected chi connectivity index (χ1v) is 8.97. The number of nitrogens with zero attached hydrogens (tertiary/aromatic N) is 1. The first-order chi connectivity index (χ1) is 13.1. The summed E-state index contributed by atoms with van der Waals surface area (Å²) in [5.41, 5.74) is 3.19. The van der Waals surface area contributed by atoms with Gasteiger partial charge >= 0.3 is 0 Å². The Hall–Kier alpha value is -2.89. The van der Waals surface area contributed by atoms with Crippen molar-refractivity contribution in [3.63, 3.8) is 0 Å². The molecular weight excluding hydrogens is 362 g/mol. The van der Waals surface area contributed by atoms with Gasteiger partial charge in [0.1, 0.15) is 5.82 Å². The van der Waals surface area contributed by atoms with Crippen LogP contribution in [0.15, 0.2) is 66.9 Å². The summed E-state index contributed by atoms with van der Waals surface area (Å²) in [6.07, 6.45) is 2.38. The predicted octanol–water partition coefficient (Wildman–Crippen LogP) is 4.13. The second kappa shape index (κ2) is 9.16. The molecule has 3 aromatic rings. The molecule has 0 aliphatic rings. The highest BCUT2D eigenvalue weighted by Crippen LogP contribution is 2.16. The first kappa shape index (κ1) is 18.9. The molecule has 3 N–H and O–H groups in total. The zero-order valence-electron chi connectivity index (χ0n) is 14.7. The maximum atomic E-state index is 12.3. The second-order valence-corrected chi connectivity index (χ2v) is 6.48. The van der Waals surface area contributed by atoms with Gasteiger partial charge in [-0.05, 0) is 47.9 Å². The molecule has 6 heteroatoms. The van der Waals surface area contributed by atoms with E-state index < -0.39 is 0 Å². The molecule has 0 saturated heterocycles. The summed E-state index contributed by atoms with van der Waals surface area (Å²) < 4.78 is 0. The van der Waals surface area contributed by atoms with Crippen molar-refractivity contribution in [3.05, 3.63) is 88.6 Å². The lowest BCUT2D eigenvalue weighted by atomic mass is 10.1. The molecule has 0 radical (unpaired) electrons. The standard InChI is InChI=1S/C21H20ClN3O2/c22-18-2-1-3-19(12-18)25-21(27)17-8-9-20(24-13-17)23-11-10-15-4-6-16(14-26)7-5-15/h1-9,12-13,26H,10-11,14H2,(H,23,24)(H,25,27). The fourth-order valence-electron chi connectivity index (χ4n) is 2.55. The van der Waals surface area contributed by atoms with E-state index in [1.54, 1.807) is 36.4 Å². The predicted molar refractivity (Wildman–Crippen MR) is 108 cm³/mol. The fourth-order valence-corrected chi connectivity index (χ4v) is 2.74. The van der Waals surface area contributed by atoms with Crippen LogP contribution in [0.4, 0.5) is 11.5 Å². The molecule has 1 amide bonds. The highest BCUT2D eigenvalue weighted by molar-refractivity contribution is 6.30. The number of amides is 1. The molecule has 0 atom stereocenters. The SMILES string of the molecule is O=C(Nc1cccc(Cl)c1)c1ccc(NCCc2ccc(CO)cc2)nc1. The lowest BCUT2D eigenvalue weighted by Gasteiger charge is -2.08. The van der Waals surface area contributed by atoms with E-state index in [4.69, 9.17) is 16.7 Å². The molecule has 0 fully saturated rings. The van der Waals surface area contributed by atoms with E-state index in [1.807, 2.05) is 24.3 Å². The summed E-state index contributed by atoms with van der Waals surface area (Å²) in [5, 5.41) is 15.6. The molecule has 0 aliphatic carbocycles. The summed E-state index contributed by atoms with van der Waals surface area (Å²) >= 11 is 5.92. The minimum absolute atomic E-state index is 0.0552. The third kappa shape index (κ3) is 5.54. The third-order valence-electron chi connectivity index (χ3n) is 4.03. The molecule has 1 aromatic heterocycles. The van der Waals surface area contributed by atoms with Crippen LogP contribution >= 0.6 is 11.6 Å². The monoisotopic (exact) mass is 381 g/mol. The van der Waals surface area contributed by atoms with Crippen LogP contribution in [0.3, 0.4) is 0 Å². The molecule has 0 saturated carbocycles. The number of hydrogen-bond donors (Lipinski definition) is 3. The summed E-state index contributed by atoms with van der Waals surface area (Å²) in [4.78, 5) is 16.5. The Morgan fingerprint density at radius 1 is 1.04 bits per heavy atom. The van der Waals surface area contributed by atoms with Gasteiger partial charge in [-0.3, -0.25) is 4.79 Å². The maximum absolute atomic E-state index is 12.3. The average Bonchev–Trinajstić information content (AvgIpc) is 2.69. The Balaban J connectivity index is 1.51. The molecule has 2 aromatic carbocycles. The van der Waals surface area contributed by atoms with Crippen molar-refractivity contribution in [2.24, 2.45) is 0 Å². The van der Waals surface area contributed by atoms with Crippen LogP contribution in [0.1, 0.15) is 21.5 Å². The molecule has 3 rings (SSSR count). The highest BCUT2D eigenvalue weighted by atomic mass is 35.5. The topological polar surface area (TPSA) is 74.2 Å². The van der Waals surface area contributed by atoms with Gasteiger partial charge in [-0.25, -0.2) is 4.98 Å². The molecule has 138 valence electrons. The summed E-state index contributed by atoms with van der Waals surface area (Å²) in [6.45, 7) is 0.777. The molecule has 1 heterocycles. The van der Waals surface area contributed by atoms with E-state index in [-0.39, 0.29) is 12.5 Å². The number of pyridine rings is 1. The normalized spacial score (nSPS) is 10.4. The summed E-state index contributed by atoms with van der Waals surface area (Å²) in [6, 6.07) is 18.3. The largest absolute Gasteiger partial charge is 0.392 e. The zero-order valence-corrected chi connectivity index (χ0v) is 15.4. The first-order valence-electron chi connectivity index (χ1n) is 8.59. The Morgan fingerprint density at radius 2 is 1.81 bits per heavy atom. The van der Waals surface area contributed by atoms with Crippen molar-refractivity contribution in [3.8, 4) is 0 Å². The molecule has 0 unspecified atom stereocenters. The second-order valence-electron chi connectivity index (χ2n) is 6.05. The van der Waals surface area contributed by atoms with Crippen molar-refractivity contribution in [2.45, 2.75) is 13.0 Å². The van der Waals surface area contributed by atoms with Crippen LogP contribution in [-0.4, -0.2) is 22.5 Å². The molecular formula is C21H20ClN3O2. The van der Waals surface area contributed by atoms with Gasteiger partial charge in [-0.2, -0.15) is 0 Å². The van der Waals surface area contributed by atoms with Gasteiger partial charge < -0.3 is 15.7 Å². The van der Waals surface area contributed by atoms with E-state index in [1.165, 1.54) is 11.8 Å². The van der Waals surface area contributed by atoms with Gasteiger partial charge in [-0.15, -0.1) is 0 Å². The van der Waals surface area contributed by atoms with Gasteiger partial charge in [0.05, 0.1) is 12.2 Å². The van der Waals surface area contributed by atoms with E-state index in [0.29, 0.717) is 22.1 Å². The van der Waals surface area contributed by atoms with E-state index in [9.17, 15) is 4.79 Å². The van der Waals surface area contributed by atoms with Gasteiger partial charge in [-0.1, -0.05) is 41.9 Å². The van der Waals surface area contributed by atoms with Gasteiger partial charge in [0.25, 0.3) is 5.91 Å². The smallest absolute Gasteiger partial charge is 0.257 e. The Morgan fingerprint density at radius 3 is 2.48 bits per heavy atom. The molecule has 0 spiro atoms. The van der Waals surface area contributed by atoms with Crippen molar-refractivity contribution >= 4 is 29.0 Å². The zero-order chi connectivity index (χ0) is 19.1. The maximum Gasteiger partial charge on any atom is 0.257 e. The van der Waals surface area contributed by atoms with Crippen LogP contribution in [0.2, 0.25) is 5.02 Å². The average molecular weight is 382 g/mol. The summed E-state index contributed by atoms with van der Waals surface area (Å²) in [5.74, 6) is 0.474. The van der Waals surface area contributed by atoms with Crippen molar-refractivity contribution in [2.75, 3.05) is 17.2 Å².